The summed E-state index contributed by atoms with van der Waals surface area (Å²) in [6.45, 7) is 4.88. The Morgan fingerprint density at radius 3 is 2.57 bits per heavy atom. The van der Waals surface area contributed by atoms with Crippen LogP contribution in [0, 0.1) is 19.8 Å². The number of amides is 1. The van der Waals surface area contributed by atoms with Gasteiger partial charge in [-0.05, 0) is 56.6 Å². The van der Waals surface area contributed by atoms with E-state index in [9.17, 15) is 14.7 Å². The summed E-state index contributed by atoms with van der Waals surface area (Å²) in [6, 6.07) is 11.7. The Morgan fingerprint density at radius 1 is 1.21 bits per heavy atom. The average Bonchev–Trinajstić information content (AvgIpc) is 2.71. The molecule has 1 aromatic carbocycles. The molecule has 1 amide bonds. The Balaban J connectivity index is 1.48. The van der Waals surface area contributed by atoms with Crippen LogP contribution in [-0.4, -0.2) is 44.9 Å². The molecule has 1 aliphatic heterocycles. The first kappa shape index (κ1) is 20.3. The van der Waals surface area contributed by atoms with Crippen LogP contribution >= 0.6 is 0 Å². The number of carbonyl (C=O) groups excluding carboxylic acids is 1. The molecule has 3 rings (SSSR count). The van der Waals surface area contributed by atoms with E-state index >= 15 is 0 Å². The fraction of sp³-hybridized carbons (Fsp3) is 0.500. The number of benzene rings is 1. The maximum atomic E-state index is 12.6. The number of nitrogens with zero attached hydrogens (tertiary/aromatic N) is 3. The Bertz CT molecular complexity index is 855. The Labute approximate surface area is 165 Å². The molecule has 2 aromatic rings. The van der Waals surface area contributed by atoms with Crippen LogP contribution in [0.5, 0.6) is 0 Å². The highest BCUT2D eigenvalue weighted by molar-refractivity contribution is 5.76. The van der Waals surface area contributed by atoms with Gasteiger partial charge in [0.25, 0.3) is 5.56 Å². The summed E-state index contributed by atoms with van der Waals surface area (Å²) < 4.78 is 1.24. The van der Waals surface area contributed by atoms with E-state index in [-0.39, 0.29) is 30.0 Å². The molecule has 0 spiro atoms. The van der Waals surface area contributed by atoms with Crippen LogP contribution in [-0.2, 0) is 17.8 Å². The van der Waals surface area contributed by atoms with Gasteiger partial charge in [0.05, 0.1) is 11.8 Å². The van der Waals surface area contributed by atoms with Crippen LogP contribution in [0.3, 0.4) is 0 Å². The van der Waals surface area contributed by atoms with Gasteiger partial charge in [0, 0.05) is 19.2 Å². The van der Waals surface area contributed by atoms with Crippen molar-refractivity contribution in [2.75, 3.05) is 13.1 Å². The fourth-order valence-electron chi connectivity index (χ4n) is 3.74. The lowest BCUT2D eigenvalue weighted by Crippen LogP contribution is -2.44. The SMILES string of the molecule is Cc1cc(=O)n(CC(=O)N2CCC([C@H](O)CCc3ccccc3)CC2)nc1C. The maximum Gasteiger partial charge on any atom is 0.267 e. The lowest BCUT2D eigenvalue weighted by molar-refractivity contribution is -0.134. The number of piperidine rings is 1. The van der Waals surface area contributed by atoms with Crippen LogP contribution < -0.4 is 5.56 Å². The topological polar surface area (TPSA) is 75.4 Å². The largest absolute Gasteiger partial charge is 0.393 e. The van der Waals surface area contributed by atoms with E-state index in [0.29, 0.717) is 13.1 Å². The molecular formula is C22H29N3O3. The first-order chi connectivity index (χ1) is 13.4. The lowest BCUT2D eigenvalue weighted by Gasteiger charge is -2.34. The highest BCUT2D eigenvalue weighted by Gasteiger charge is 2.27. The number of rotatable bonds is 6. The molecule has 0 aliphatic carbocycles. The number of aliphatic hydroxyl groups excluding tert-OH is 1. The molecule has 1 aliphatic rings. The van der Waals surface area contributed by atoms with Crippen molar-refractivity contribution in [1.29, 1.82) is 0 Å². The third kappa shape index (κ3) is 5.07. The van der Waals surface area contributed by atoms with E-state index in [0.717, 1.165) is 36.9 Å². The highest BCUT2D eigenvalue weighted by atomic mass is 16.3. The van der Waals surface area contributed by atoms with Gasteiger partial charge >= 0.3 is 0 Å². The highest BCUT2D eigenvalue weighted by Crippen LogP contribution is 2.23. The molecule has 1 atom stereocenters. The second kappa shape index (κ2) is 9.15. The second-order valence-corrected chi connectivity index (χ2v) is 7.72. The third-order valence-corrected chi connectivity index (χ3v) is 5.73. The standard InChI is InChI=1S/C22H29N3O3/c1-16-14-21(27)25(23-17(16)2)15-22(28)24-12-10-19(11-13-24)20(26)9-8-18-6-4-3-5-7-18/h3-7,14,19-20,26H,8-13,15H2,1-2H3/t20-/m1/s1. The van der Waals surface area contributed by atoms with Crippen molar-refractivity contribution in [1.82, 2.24) is 14.7 Å². The minimum absolute atomic E-state index is 0.0266. The minimum Gasteiger partial charge on any atom is -0.393 e. The molecule has 0 unspecified atom stereocenters. The number of hydrogen-bond acceptors (Lipinski definition) is 4. The predicted molar refractivity (Wildman–Crippen MR) is 108 cm³/mol. The van der Waals surface area contributed by atoms with Gasteiger partial charge in [-0.3, -0.25) is 9.59 Å². The van der Waals surface area contributed by atoms with E-state index < -0.39 is 0 Å². The summed E-state index contributed by atoms with van der Waals surface area (Å²) in [6.07, 6.45) is 2.84. The first-order valence-electron chi connectivity index (χ1n) is 9.99. The van der Waals surface area contributed by atoms with Gasteiger partial charge < -0.3 is 10.0 Å². The third-order valence-electron chi connectivity index (χ3n) is 5.73. The van der Waals surface area contributed by atoms with Crippen molar-refractivity contribution in [3.8, 4) is 0 Å². The van der Waals surface area contributed by atoms with E-state index in [2.05, 4.69) is 17.2 Å². The zero-order chi connectivity index (χ0) is 20.1. The number of likely N-dealkylation sites (tertiary alicyclic amines) is 1. The molecule has 2 heterocycles. The molecule has 0 saturated carbocycles. The second-order valence-electron chi connectivity index (χ2n) is 7.72. The number of aryl methyl sites for hydroxylation is 3. The van der Waals surface area contributed by atoms with Crippen molar-refractivity contribution < 1.29 is 9.90 Å². The fourth-order valence-corrected chi connectivity index (χ4v) is 3.74. The van der Waals surface area contributed by atoms with Crippen molar-refractivity contribution in [2.24, 2.45) is 5.92 Å². The summed E-state index contributed by atoms with van der Waals surface area (Å²) in [5.41, 5.74) is 2.58. The van der Waals surface area contributed by atoms with Gasteiger partial charge in [-0.25, -0.2) is 4.68 Å². The zero-order valence-electron chi connectivity index (χ0n) is 16.7. The van der Waals surface area contributed by atoms with Gasteiger partial charge in [-0.1, -0.05) is 30.3 Å². The molecule has 0 radical (unpaired) electrons. The molecule has 28 heavy (non-hydrogen) atoms. The van der Waals surface area contributed by atoms with E-state index in [4.69, 9.17) is 0 Å². The van der Waals surface area contributed by atoms with Gasteiger partial charge in [0.1, 0.15) is 6.54 Å². The Morgan fingerprint density at radius 2 is 1.89 bits per heavy atom. The minimum atomic E-state index is -0.346. The molecular weight excluding hydrogens is 354 g/mol. The molecule has 150 valence electrons. The predicted octanol–water partition coefficient (Wildman–Crippen LogP) is 2.09. The number of aromatic nitrogens is 2. The number of carbonyl (C=O) groups is 1. The maximum absolute atomic E-state index is 12.6. The van der Waals surface area contributed by atoms with E-state index in [1.54, 1.807) is 4.90 Å². The normalized spacial score (nSPS) is 16.2. The molecule has 1 aromatic heterocycles. The van der Waals surface area contributed by atoms with Crippen LogP contribution in [0.25, 0.3) is 0 Å². The molecule has 1 fully saturated rings. The van der Waals surface area contributed by atoms with Gasteiger partial charge in [-0.15, -0.1) is 0 Å². The average molecular weight is 383 g/mol. The lowest BCUT2D eigenvalue weighted by atomic mass is 9.88. The van der Waals surface area contributed by atoms with Crippen LogP contribution in [0.1, 0.15) is 36.1 Å². The molecule has 6 nitrogen and oxygen atoms in total. The smallest absolute Gasteiger partial charge is 0.267 e. The van der Waals surface area contributed by atoms with Crippen LogP contribution in [0.2, 0.25) is 0 Å². The molecule has 1 saturated heterocycles. The summed E-state index contributed by atoms with van der Waals surface area (Å²) >= 11 is 0. The Hall–Kier alpha value is -2.47. The quantitative estimate of drug-likeness (QED) is 0.829. The Kier molecular flexibility index (Phi) is 6.62. The van der Waals surface area contributed by atoms with Gasteiger partial charge in [-0.2, -0.15) is 5.10 Å². The van der Waals surface area contributed by atoms with E-state index in [1.165, 1.54) is 16.3 Å². The number of hydrogen-bond donors (Lipinski definition) is 1. The van der Waals surface area contributed by atoms with Crippen LogP contribution in [0.4, 0.5) is 0 Å². The monoisotopic (exact) mass is 383 g/mol. The van der Waals surface area contributed by atoms with Crippen molar-refractivity contribution in [2.45, 2.75) is 52.2 Å². The van der Waals surface area contributed by atoms with Crippen molar-refractivity contribution in [3.05, 3.63) is 63.6 Å². The van der Waals surface area contributed by atoms with E-state index in [1.807, 2.05) is 32.0 Å². The van der Waals surface area contributed by atoms with Crippen molar-refractivity contribution >= 4 is 5.91 Å². The van der Waals surface area contributed by atoms with Crippen molar-refractivity contribution in [3.63, 3.8) is 0 Å². The first-order valence-corrected chi connectivity index (χ1v) is 9.99. The zero-order valence-corrected chi connectivity index (χ0v) is 16.7. The molecule has 1 N–H and O–H groups in total. The molecule has 0 bridgehead atoms. The van der Waals surface area contributed by atoms with Gasteiger partial charge in [0.2, 0.25) is 5.91 Å². The van der Waals surface area contributed by atoms with Gasteiger partial charge in [0.15, 0.2) is 0 Å². The number of aliphatic hydroxyl groups is 1. The molecule has 6 heteroatoms. The van der Waals surface area contributed by atoms with Crippen LogP contribution in [0.15, 0.2) is 41.2 Å². The summed E-state index contributed by atoms with van der Waals surface area (Å²) in [7, 11) is 0. The summed E-state index contributed by atoms with van der Waals surface area (Å²) in [4.78, 5) is 26.4. The summed E-state index contributed by atoms with van der Waals surface area (Å²) in [5.74, 6) is 0.130. The summed E-state index contributed by atoms with van der Waals surface area (Å²) in [5, 5.41) is 14.7.